The summed E-state index contributed by atoms with van der Waals surface area (Å²) in [6, 6.07) is 3.77. The molecule has 126 valence electrons. The lowest BCUT2D eigenvalue weighted by Gasteiger charge is -2.27. The van der Waals surface area contributed by atoms with Crippen molar-refractivity contribution in [3.05, 3.63) is 28.2 Å². The minimum Gasteiger partial charge on any atom is -0.341 e. The largest absolute Gasteiger partial charge is 0.341 e. The molecule has 3 rings (SSSR count). The van der Waals surface area contributed by atoms with Gasteiger partial charge in [0.2, 0.25) is 15.9 Å². The molecule has 0 radical (unpaired) electrons. The van der Waals surface area contributed by atoms with E-state index in [-0.39, 0.29) is 32.8 Å². The molecule has 1 aliphatic carbocycles. The van der Waals surface area contributed by atoms with Crippen molar-refractivity contribution >= 4 is 50.9 Å². The number of benzene rings is 1. The van der Waals surface area contributed by atoms with Crippen LogP contribution in [0.5, 0.6) is 0 Å². The molecule has 1 atom stereocenters. The third-order valence-electron chi connectivity index (χ3n) is 4.01. The molecule has 1 aromatic carbocycles. The molecule has 1 heterocycles. The second-order valence-corrected chi connectivity index (χ2v) is 9.46. The summed E-state index contributed by atoms with van der Waals surface area (Å²) in [7, 11) is -2.08. The predicted octanol–water partition coefficient (Wildman–Crippen LogP) is 2.68. The van der Waals surface area contributed by atoms with Crippen molar-refractivity contribution < 1.29 is 13.2 Å². The molecule has 0 spiro atoms. The molecule has 0 aromatic heterocycles. The number of thioether (sulfide) groups is 1. The highest BCUT2D eigenvalue weighted by molar-refractivity contribution is 8.00. The minimum absolute atomic E-state index is 0.0179. The Morgan fingerprint density at radius 2 is 1.87 bits per heavy atom. The van der Waals surface area contributed by atoms with Gasteiger partial charge in [0.15, 0.2) is 0 Å². The Hall–Kier alpha value is -0.470. The van der Waals surface area contributed by atoms with Gasteiger partial charge in [-0.25, -0.2) is 8.42 Å². The maximum absolute atomic E-state index is 12.9. The molecule has 1 aliphatic heterocycles. The lowest BCUT2D eigenvalue weighted by molar-refractivity contribution is -0.133. The number of carbonyl (C=O) groups excluding carboxylic acids is 1. The van der Waals surface area contributed by atoms with Gasteiger partial charge in [-0.1, -0.05) is 23.2 Å². The second kappa shape index (κ2) is 6.44. The van der Waals surface area contributed by atoms with E-state index in [1.807, 2.05) is 0 Å². The van der Waals surface area contributed by atoms with E-state index in [2.05, 4.69) is 0 Å². The van der Waals surface area contributed by atoms with Crippen LogP contribution in [-0.4, -0.2) is 54.3 Å². The Balaban J connectivity index is 1.90. The first kappa shape index (κ1) is 17.4. The van der Waals surface area contributed by atoms with Crippen LogP contribution in [0.25, 0.3) is 0 Å². The van der Waals surface area contributed by atoms with Gasteiger partial charge in [0.05, 0.1) is 10.8 Å². The average Bonchev–Trinajstić information content (AvgIpc) is 3.20. The molecule has 23 heavy (non-hydrogen) atoms. The van der Waals surface area contributed by atoms with Crippen molar-refractivity contribution in [1.29, 1.82) is 0 Å². The standard InChI is InChI=1S/C14H16Cl2N2O3S2/c1-17(11-2-3-11)14(19)13-7-22-8-18(13)23(20,21)12-5-9(15)4-10(16)6-12/h4-6,11,13H,2-3,7-8H2,1H3/t13-/m1/s1. The number of amides is 1. The molecule has 1 aromatic rings. The smallest absolute Gasteiger partial charge is 0.244 e. The summed E-state index contributed by atoms with van der Waals surface area (Å²) in [4.78, 5) is 14.3. The van der Waals surface area contributed by atoms with Gasteiger partial charge < -0.3 is 4.90 Å². The number of halogens is 2. The van der Waals surface area contributed by atoms with Gasteiger partial charge in [0.1, 0.15) is 6.04 Å². The van der Waals surface area contributed by atoms with Crippen LogP contribution in [0.3, 0.4) is 0 Å². The molecule has 2 aliphatic rings. The quantitative estimate of drug-likeness (QED) is 0.787. The fourth-order valence-corrected chi connectivity index (χ4v) is 6.41. The fourth-order valence-electron chi connectivity index (χ4n) is 2.55. The van der Waals surface area contributed by atoms with Crippen LogP contribution in [-0.2, 0) is 14.8 Å². The Morgan fingerprint density at radius 3 is 2.43 bits per heavy atom. The van der Waals surface area contributed by atoms with Gasteiger partial charge >= 0.3 is 0 Å². The zero-order valence-corrected chi connectivity index (χ0v) is 15.6. The first-order chi connectivity index (χ1) is 10.8. The van der Waals surface area contributed by atoms with Crippen molar-refractivity contribution in [1.82, 2.24) is 9.21 Å². The molecule has 1 saturated carbocycles. The number of carbonyl (C=O) groups is 1. The third kappa shape index (κ3) is 3.49. The van der Waals surface area contributed by atoms with Crippen LogP contribution in [0, 0.1) is 0 Å². The summed E-state index contributed by atoms with van der Waals surface area (Å²) in [5.41, 5.74) is 0. The number of hydrogen-bond acceptors (Lipinski definition) is 4. The van der Waals surface area contributed by atoms with E-state index in [0.717, 1.165) is 12.8 Å². The summed E-state index contributed by atoms with van der Waals surface area (Å²) in [5, 5.41) is 0.502. The van der Waals surface area contributed by atoms with Gasteiger partial charge in [-0.15, -0.1) is 11.8 Å². The van der Waals surface area contributed by atoms with Crippen LogP contribution in [0.1, 0.15) is 12.8 Å². The van der Waals surface area contributed by atoms with Crippen LogP contribution in [0.4, 0.5) is 0 Å². The van der Waals surface area contributed by atoms with Gasteiger partial charge in [0.25, 0.3) is 0 Å². The molecule has 9 heteroatoms. The first-order valence-corrected chi connectivity index (χ1v) is 10.5. The van der Waals surface area contributed by atoms with Gasteiger partial charge in [0, 0.05) is 28.9 Å². The van der Waals surface area contributed by atoms with Crippen molar-refractivity contribution in [3.8, 4) is 0 Å². The highest BCUT2D eigenvalue weighted by Gasteiger charge is 2.43. The topological polar surface area (TPSA) is 57.7 Å². The van der Waals surface area contributed by atoms with E-state index in [0.29, 0.717) is 5.75 Å². The lowest BCUT2D eigenvalue weighted by Crippen LogP contribution is -2.48. The number of rotatable bonds is 4. The summed E-state index contributed by atoms with van der Waals surface area (Å²) < 4.78 is 27.0. The van der Waals surface area contributed by atoms with Gasteiger partial charge in [-0.3, -0.25) is 4.79 Å². The molecular formula is C14H16Cl2N2O3S2. The summed E-state index contributed by atoms with van der Waals surface area (Å²) in [5.74, 6) is 0.569. The molecular weight excluding hydrogens is 379 g/mol. The highest BCUT2D eigenvalue weighted by atomic mass is 35.5. The molecule has 0 bridgehead atoms. The van der Waals surface area contributed by atoms with Gasteiger partial charge in [-0.05, 0) is 31.0 Å². The van der Waals surface area contributed by atoms with E-state index >= 15 is 0 Å². The SMILES string of the molecule is CN(C(=O)[C@H]1CSCN1S(=O)(=O)c1cc(Cl)cc(Cl)c1)C1CC1. The molecule has 1 amide bonds. The lowest BCUT2D eigenvalue weighted by atomic mass is 10.3. The number of hydrogen-bond donors (Lipinski definition) is 0. The van der Waals surface area contributed by atoms with Crippen LogP contribution in [0.2, 0.25) is 10.0 Å². The van der Waals surface area contributed by atoms with Crippen molar-refractivity contribution in [3.63, 3.8) is 0 Å². The van der Waals surface area contributed by atoms with Crippen molar-refractivity contribution in [2.45, 2.75) is 29.8 Å². The predicted molar refractivity (Wildman–Crippen MR) is 92.4 cm³/mol. The number of sulfonamides is 1. The molecule has 0 unspecified atom stereocenters. The molecule has 2 fully saturated rings. The Labute approximate surface area is 150 Å². The van der Waals surface area contributed by atoms with Crippen LogP contribution >= 0.6 is 35.0 Å². The van der Waals surface area contributed by atoms with Gasteiger partial charge in [-0.2, -0.15) is 4.31 Å². The average molecular weight is 395 g/mol. The fraction of sp³-hybridized carbons (Fsp3) is 0.500. The second-order valence-electron chi connectivity index (χ2n) is 5.69. The first-order valence-electron chi connectivity index (χ1n) is 7.13. The van der Waals surface area contributed by atoms with E-state index in [4.69, 9.17) is 23.2 Å². The Bertz CT molecular complexity index is 717. The monoisotopic (exact) mass is 394 g/mol. The third-order valence-corrected chi connectivity index (χ3v) is 7.46. The van der Waals surface area contributed by atoms with Crippen LogP contribution in [0.15, 0.2) is 23.1 Å². The molecule has 1 saturated heterocycles. The highest BCUT2D eigenvalue weighted by Crippen LogP contribution is 2.33. The summed E-state index contributed by atoms with van der Waals surface area (Å²) in [6.45, 7) is 0. The Morgan fingerprint density at radius 1 is 1.26 bits per heavy atom. The zero-order chi connectivity index (χ0) is 16.8. The summed E-state index contributed by atoms with van der Waals surface area (Å²) >= 11 is 13.3. The summed E-state index contributed by atoms with van der Waals surface area (Å²) in [6.07, 6.45) is 1.97. The van der Waals surface area contributed by atoms with E-state index in [1.165, 1.54) is 34.3 Å². The molecule has 0 N–H and O–H groups in total. The maximum atomic E-state index is 12.9. The minimum atomic E-state index is -3.82. The van der Waals surface area contributed by atoms with E-state index in [1.54, 1.807) is 11.9 Å². The maximum Gasteiger partial charge on any atom is 0.244 e. The van der Waals surface area contributed by atoms with E-state index < -0.39 is 16.1 Å². The normalized spacial score (nSPS) is 22.3. The van der Waals surface area contributed by atoms with Crippen LogP contribution < -0.4 is 0 Å². The van der Waals surface area contributed by atoms with E-state index in [9.17, 15) is 13.2 Å². The Kier molecular flexibility index (Phi) is 4.86. The zero-order valence-electron chi connectivity index (χ0n) is 12.4. The van der Waals surface area contributed by atoms with Crippen molar-refractivity contribution in [2.24, 2.45) is 0 Å². The number of nitrogens with zero attached hydrogens (tertiary/aromatic N) is 2. The number of likely N-dealkylation sites (N-methyl/N-ethyl adjacent to an activating group) is 1. The van der Waals surface area contributed by atoms with Crippen molar-refractivity contribution in [2.75, 3.05) is 18.7 Å². The molecule has 5 nitrogen and oxygen atoms in total.